The Balaban J connectivity index is 1.90. The summed E-state index contributed by atoms with van der Waals surface area (Å²) in [6, 6.07) is 6.56. The minimum Gasteiger partial charge on any atom is -0.379 e. The molecule has 1 fully saturated rings. The number of ether oxygens (including phenoxy) is 1. The van der Waals surface area contributed by atoms with Crippen molar-refractivity contribution in [3.63, 3.8) is 0 Å². The van der Waals surface area contributed by atoms with E-state index in [2.05, 4.69) is 10.6 Å². The van der Waals surface area contributed by atoms with Gasteiger partial charge in [-0.2, -0.15) is 0 Å². The number of hydrogen-bond donors (Lipinski definition) is 2. The highest BCUT2D eigenvalue weighted by molar-refractivity contribution is 5.90. The predicted octanol–water partition coefficient (Wildman–Crippen LogP) is 1.41. The lowest BCUT2D eigenvalue weighted by Crippen LogP contribution is -2.38. The zero-order chi connectivity index (χ0) is 12.1. The SMILES string of the molecule is O=Cc1cccc(NC(=O)NC2CCOC2)c1. The van der Waals surface area contributed by atoms with Crippen LogP contribution in [0.4, 0.5) is 10.5 Å². The summed E-state index contributed by atoms with van der Waals surface area (Å²) < 4.78 is 5.16. The summed E-state index contributed by atoms with van der Waals surface area (Å²) in [5.74, 6) is 0. The number of carbonyl (C=O) groups excluding carboxylic acids is 2. The van der Waals surface area contributed by atoms with E-state index in [0.29, 0.717) is 24.5 Å². The fourth-order valence-electron chi connectivity index (χ4n) is 1.69. The molecule has 0 spiro atoms. The topological polar surface area (TPSA) is 67.4 Å². The summed E-state index contributed by atoms with van der Waals surface area (Å²) in [6.45, 7) is 1.24. The number of benzene rings is 1. The first-order chi connectivity index (χ1) is 8.28. The highest BCUT2D eigenvalue weighted by Gasteiger charge is 2.17. The molecule has 1 aromatic carbocycles. The number of nitrogens with one attached hydrogen (secondary N) is 2. The predicted molar refractivity (Wildman–Crippen MR) is 63.2 cm³/mol. The summed E-state index contributed by atoms with van der Waals surface area (Å²) in [7, 11) is 0. The van der Waals surface area contributed by atoms with Crippen molar-refractivity contribution in [2.45, 2.75) is 12.5 Å². The zero-order valence-corrected chi connectivity index (χ0v) is 9.31. The third kappa shape index (κ3) is 3.29. The van der Waals surface area contributed by atoms with Crippen LogP contribution in [0.25, 0.3) is 0 Å². The number of rotatable bonds is 3. The van der Waals surface area contributed by atoms with Gasteiger partial charge < -0.3 is 15.4 Å². The third-order valence-corrected chi connectivity index (χ3v) is 2.55. The molecule has 2 rings (SSSR count). The van der Waals surface area contributed by atoms with E-state index < -0.39 is 0 Å². The molecular weight excluding hydrogens is 220 g/mol. The first kappa shape index (κ1) is 11.6. The number of hydrogen-bond acceptors (Lipinski definition) is 3. The van der Waals surface area contributed by atoms with Crippen molar-refractivity contribution >= 4 is 18.0 Å². The van der Waals surface area contributed by atoms with Crippen LogP contribution in [0.3, 0.4) is 0 Å². The first-order valence-electron chi connectivity index (χ1n) is 5.48. The minimum atomic E-state index is -0.274. The molecule has 0 radical (unpaired) electrons. The lowest BCUT2D eigenvalue weighted by atomic mass is 10.2. The zero-order valence-electron chi connectivity index (χ0n) is 9.31. The van der Waals surface area contributed by atoms with Gasteiger partial charge in [0.15, 0.2) is 0 Å². The van der Waals surface area contributed by atoms with E-state index in [-0.39, 0.29) is 12.1 Å². The number of amides is 2. The van der Waals surface area contributed by atoms with Crippen molar-refractivity contribution in [3.8, 4) is 0 Å². The Morgan fingerprint density at radius 2 is 2.35 bits per heavy atom. The lowest BCUT2D eigenvalue weighted by Gasteiger charge is -2.11. The second-order valence-corrected chi connectivity index (χ2v) is 3.90. The molecule has 1 heterocycles. The highest BCUT2D eigenvalue weighted by atomic mass is 16.5. The van der Waals surface area contributed by atoms with Crippen molar-refractivity contribution in [1.29, 1.82) is 0 Å². The van der Waals surface area contributed by atoms with Crippen LogP contribution in [0, 0.1) is 0 Å². The van der Waals surface area contributed by atoms with Crippen molar-refractivity contribution in [3.05, 3.63) is 29.8 Å². The van der Waals surface area contributed by atoms with Crippen molar-refractivity contribution < 1.29 is 14.3 Å². The largest absolute Gasteiger partial charge is 0.379 e. The summed E-state index contributed by atoms with van der Waals surface area (Å²) in [5, 5.41) is 5.48. The molecule has 17 heavy (non-hydrogen) atoms. The van der Waals surface area contributed by atoms with Gasteiger partial charge in [-0.25, -0.2) is 4.79 Å². The first-order valence-corrected chi connectivity index (χ1v) is 5.48. The summed E-state index contributed by atoms with van der Waals surface area (Å²) >= 11 is 0. The van der Waals surface area contributed by atoms with Crippen LogP contribution in [0.15, 0.2) is 24.3 Å². The summed E-state index contributed by atoms with van der Waals surface area (Å²) in [4.78, 5) is 22.2. The van der Waals surface area contributed by atoms with E-state index in [4.69, 9.17) is 4.74 Å². The molecule has 0 aromatic heterocycles. The second kappa shape index (κ2) is 5.45. The van der Waals surface area contributed by atoms with Crippen LogP contribution in [0.2, 0.25) is 0 Å². The van der Waals surface area contributed by atoms with E-state index in [1.807, 2.05) is 0 Å². The Morgan fingerprint density at radius 3 is 3.06 bits per heavy atom. The Labute approximate surface area is 99.2 Å². The Morgan fingerprint density at radius 1 is 1.47 bits per heavy atom. The summed E-state index contributed by atoms with van der Waals surface area (Å²) in [5.41, 5.74) is 1.14. The molecule has 1 aliphatic rings. The van der Waals surface area contributed by atoms with Crippen molar-refractivity contribution in [2.24, 2.45) is 0 Å². The van der Waals surface area contributed by atoms with Gasteiger partial charge >= 0.3 is 6.03 Å². The van der Waals surface area contributed by atoms with Gasteiger partial charge in [-0.15, -0.1) is 0 Å². The van der Waals surface area contributed by atoms with Crippen LogP contribution >= 0.6 is 0 Å². The number of urea groups is 1. The van der Waals surface area contributed by atoms with Gasteiger partial charge in [0.2, 0.25) is 0 Å². The van der Waals surface area contributed by atoms with Crippen LogP contribution in [0.5, 0.6) is 0 Å². The molecule has 0 aliphatic carbocycles. The van der Waals surface area contributed by atoms with Crippen molar-refractivity contribution in [1.82, 2.24) is 5.32 Å². The molecule has 0 saturated carbocycles. The molecule has 1 aromatic rings. The van der Waals surface area contributed by atoms with Gasteiger partial charge in [0.25, 0.3) is 0 Å². The Hall–Kier alpha value is -1.88. The molecule has 0 bridgehead atoms. The van der Waals surface area contributed by atoms with Crippen LogP contribution < -0.4 is 10.6 Å². The van der Waals surface area contributed by atoms with Gasteiger partial charge in [-0.3, -0.25) is 4.79 Å². The lowest BCUT2D eigenvalue weighted by molar-refractivity contribution is 0.112. The van der Waals surface area contributed by atoms with Gasteiger partial charge in [-0.1, -0.05) is 12.1 Å². The monoisotopic (exact) mass is 234 g/mol. The molecule has 2 N–H and O–H groups in total. The second-order valence-electron chi connectivity index (χ2n) is 3.90. The molecule has 1 saturated heterocycles. The standard InChI is InChI=1S/C12H14N2O3/c15-7-9-2-1-3-10(6-9)13-12(16)14-11-4-5-17-8-11/h1-3,6-7,11H,4-5,8H2,(H2,13,14,16). The average Bonchev–Trinajstić information content (AvgIpc) is 2.82. The molecule has 1 aliphatic heterocycles. The minimum absolute atomic E-state index is 0.0734. The maximum atomic E-state index is 11.6. The molecule has 1 unspecified atom stereocenters. The summed E-state index contributed by atoms with van der Waals surface area (Å²) in [6.07, 6.45) is 1.58. The Kier molecular flexibility index (Phi) is 3.72. The molecule has 1 atom stereocenters. The Bertz CT molecular complexity index is 414. The van der Waals surface area contributed by atoms with Gasteiger partial charge in [0.1, 0.15) is 6.29 Å². The van der Waals surface area contributed by atoms with E-state index >= 15 is 0 Å². The molecule has 2 amide bonds. The number of anilines is 1. The van der Waals surface area contributed by atoms with Crippen molar-refractivity contribution in [2.75, 3.05) is 18.5 Å². The van der Waals surface area contributed by atoms with Crippen LogP contribution in [-0.4, -0.2) is 31.6 Å². The maximum Gasteiger partial charge on any atom is 0.319 e. The van der Waals surface area contributed by atoms with E-state index in [1.165, 1.54) is 0 Å². The number of aldehydes is 1. The molecule has 90 valence electrons. The van der Waals surface area contributed by atoms with Crippen LogP contribution in [0.1, 0.15) is 16.8 Å². The normalized spacial score (nSPS) is 18.7. The smallest absolute Gasteiger partial charge is 0.319 e. The van der Waals surface area contributed by atoms with E-state index in [1.54, 1.807) is 24.3 Å². The van der Waals surface area contributed by atoms with Gasteiger partial charge in [0.05, 0.1) is 12.6 Å². The molecule has 5 nitrogen and oxygen atoms in total. The van der Waals surface area contributed by atoms with E-state index in [0.717, 1.165) is 12.7 Å². The van der Waals surface area contributed by atoms with E-state index in [9.17, 15) is 9.59 Å². The van der Waals surface area contributed by atoms with Gasteiger partial charge in [-0.05, 0) is 18.6 Å². The highest BCUT2D eigenvalue weighted by Crippen LogP contribution is 2.09. The fraction of sp³-hybridized carbons (Fsp3) is 0.333. The fourth-order valence-corrected chi connectivity index (χ4v) is 1.69. The van der Waals surface area contributed by atoms with Gasteiger partial charge in [0, 0.05) is 17.9 Å². The molecular formula is C12H14N2O3. The average molecular weight is 234 g/mol. The quantitative estimate of drug-likeness (QED) is 0.777. The number of carbonyl (C=O) groups is 2. The molecule has 5 heteroatoms. The van der Waals surface area contributed by atoms with Crippen LogP contribution in [-0.2, 0) is 4.74 Å². The maximum absolute atomic E-state index is 11.6. The third-order valence-electron chi connectivity index (χ3n) is 2.55.